The Labute approximate surface area is 57.1 Å². The monoisotopic (exact) mass is 267 g/mol. The van der Waals surface area contributed by atoms with E-state index in [4.69, 9.17) is 0 Å². The van der Waals surface area contributed by atoms with Gasteiger partial charge in [0.1, 0.15) is 0 Å². The molecule has 6 heavy (non-hydrogen) atoms. The number of rotatable bonds is 0. The van der Waals surface area contributed by atoms with Gasteiger partial charge in [-0.05, 0) is 0 Å². The van der Waals surface area contributed by atoms with Crippen LogP contribution in [-0.4, -0.2) is 47.6 Å². The van der Waals surface area contributed by atoms with Crippen LogP contribution in [-0.2, 0) is 0 Å². The zero-order valence-electron chi connectivity index (χ0n) is 3.00. The van der Waals surface area contributed by atoms with Crippen LogP contribution in [0.1, 0.15) is 0 Å². The molecule has 0 amide bonds. The van der Waals surface area contributed by atoms with Gasteiger partial charge in [0.05, 0.1) is 0 Å². The molecule has 0 aromatic carbocycles. The molecule has 0 aromatic rings. The molecular formula is H3Ge3N3. The van der Waals surface area contributed by atoms with E-state index in [-0.39, 0.29) is 47.6 Å². The van der Waals surface area contributed by atoms with Crippen LogP contribution in [0.2, 0.25) is 0 Å². The summed E-state index contributed by atoms with van der Waals surface area (Å²) < 4.78 is 10.0. The fraction of sp³-hybridized carbons (Fsp3) is 0. The molecule has 0 atom stereocenters. The van der Waals surface area contributed by atoms with Crippen molar-refractivity contribution in [2.24, 2.45) is 0 Å². The van der Waals surface area contributed by atoms with Gasteiger partial charge in [0.2, 0.25) is 0 Å². The van der Waals surface area contributed by atoms with Crippen LogP contribution in [0.25, 0.3) is 0 Å². The van der Waals surface area contributed by atoms with E-state index in [1.54, 1.807) is 0 Å². The second-order valence-electron chi connectivity index (χ2n) is 0.750. The zero-order valence-corrected chi connectivity index (χ0v) is 9.29. The van der Waals surface area contributed by atoms with Gasteiger partial charge in [0.25, 0.3) is 0 Å². The SMILES string of the molecule is [NH]1[Ge][NH][Ge][NH][Ge]1. The Morgan fingerprint density at radius 3 is 1.17 bits per heavy atom. The third kappa shape index (κ3) is 1.99. The van der Waals surface area contributed by atoms with Gasteiger partial charge in [0.15, 0.2) is 0 Å². The van der Waals surface area contributed by atoms with Crippen LogP contribution in [0.3, 0.4) is 0 Å². The third-order valence-electron chi connectivity index (χ3n) is 0.375. The Balaban J connectivity index is 2.00. The molecule has 1 rings (SSSR count). The molecule has 30 valence electrons. The number of nitrogens with one attached hydrogen (secondary N) is 3. The molecule has 3 nitrogen and oxygen atoms in total. The van der Waals surface area contributed by atoms with Gasteiger partial charge in [-0.15, -0.1) is 0 Å². The predicted molar refractivity (Wildman–Crippen MR) is 26.7 cm³/mol. The first-order chi connectivity index (χ1) is 3.00. The van der Waals surface area contributed by atoms with Gasteiger partial charge in [-0.1, -0.05) is 0 Å². The quantitative estimate of drug-likeness (QED) is 0.418. The summed E-state index contributed by atoms with van der Waals surface area (Å²) in [5.74, 6) is 0. The van der Waals surface area contributed by atoms with E-state index in [9.17, 15) is 0 Å². The van der Waals surface area contributed by atoms with E-state index >= 15 is 0 Å². The number of hydrogen-bond donors (Lipinski definition) is 3. The zero-order chi connectivity index (χ0) is 4.24. The summed E-state index contributed by atoms with van der Waals surface area (Å²) in [5.41, 5.74) is 0. The van der Waals surface area contributed by atoms with Crippen molar-refractivity contribution in [3.05, 3.63) is 0 Å². The summed E-state index contributed by atoms with van der Waals surface area (Å²) in [6.45, 7) is 0. The van der Waals surface area contributed by atoms with E-state index in [0.717, 1.165) is 0 Å². The van der Waals surface area contributed by atoms with E-state index in [1.165, 1.54) is 0 Å². The van der Waals surface area contributed by atoms with Crippen molar-refractivity contribution in [1.82, 2.24) is 9.69 Å². The summed E-state index contributed by atoms with van der Waals surface area (Å²) in [4.78, 5) is 0. The number of hydrogen-bond acceptors (Lipinski definition) is 3. The van der Waals surface area contributed by atoms with Gasteiger partial charge in [-0.2, -0.15) is 0 Å². The van der Waals surface area contributed by atoms with Crippen LogP contribution in [0.5, 0.6) is 0 Å². The van der Waals surface area contributed by atoms with Gasteiger partial charge in [-0.25, -0.2) is 0 Å². The standard InChI is InChI=1S/Ge3H3N3/c1-4-2-6-3-5-1/h4-6H. The Hall–Kier alpha value is 1.51. The molecule has 1 aliphatic heterocycles. The van der Waals surface area contributed by atoms with E-state index in [0.29, 0.717) is 0 Å². The van der Waals surface area contributed by atoms with Crippen molar-refractivity contribution >= 4 is 47.6 Å². The average molecular weight is 263 g/mol. The van der Waals surface area contributed by atoms with Crippen LogP contribution in [0.15, 0.2) is 0 Å². The molecule has 1 heterocycles. The van der Waals surface area contributed by atoms with Crippen molar-refractivity contribution in [3.8, 4) is 0 Å². The Kier molecular flexibility index (Phi) is 3.29. The second-order valence-corrected chi connectivity index (χ2v) is 12.1. The summed E-state index contributed by atoms with van der Waals surface area (Å²) >= 11 is 0.469. The van der Waals surface area contributed by atoms with Gasteiger partial charge in [-0.3, -0.25) is 0 Å². The molecule has 0 spiro atoms. The molecule has 0 unspecified atom stereocenters. The first kappa shape index (κ1) is 5.64. The van der Waals surface area contributed by atoms with Crippen LogP contribution >= 0.6 is 0 Å². The Bertz CT molecular complexity index is 21.5. The minimum atomic E-state index is 0.156. The van der Waals surface area contributed by atoms with Crippen molar-refractivity contribution in [3.63, 3.8) is 0 Å². The summed E-state index contributed by atoms with van der Waals surface area (Å²) in [7, 11) is 0. The maximum absolute atomic E-state index is 3.34. The Morgan fingerprint density at radius 2 is 1.00 bits per heavy atom. The summed E-state index contributed by atoms with van der Waals surface area (Å²) in [6.07, 6.45) is 0. The van der Waals surface area contributed by atoms with Gasteiger partial charge >= 0.3 is 57.3 Å². The predicted octanol–water partition coefficient (Wildman–Crippen LogP) is -2.63. The molecule has 0 aromatic heterocycles. The maximum atomic E-state index is 3.34. The molecule has 0 saturated carbocycles. The second kappa shape index (κ2) is 3.50. The first-order valence-electron chi connectivity index (χ1n) is 1.50. The molecule has 3 N–H and O–H groups in total. The van der Waals surface area contributed by atoms with Crippen molar-refractivity contribution < 1.29 is 0 Å². The van der Waals surface area contributed by atoms with Crippen molar-refractivity contribution in [2.45, 2.75) is 0 Å². The summed E-state index contributed by atoms with van der Waals surface area (Å²) in [5, 5.41) is 0. The van der Waals surface area contributed by atoms with Crippen LogP contribution < -0.4 is 9.69 Å². The van der Waals surface area contributed by atoms with E-state index in [1.807, 2.05) is 0 Å². The van der Waals surface area contributed by atoms with E-state index in [2.05, 4.69) is 9.69 Å². The van der Waals surface area contributed by atoms with Crippen molar-refractivity contribution in [2.75, 3.05) is 0 Å². The van der Waals surface area contributed by atoms with E-state index < -0.39 is 0 Å². The average Bonchev–Trinajstić information content (AvgIpc) is 1.72. The fourth-order valence-corrected chi connectivity index (χ4v) is 15.7. The molecule has 6 radical (unpaired) electrons. The molecule has 0 bridgehead atoms. The normalized spacial score (nSPS) is 24.0. The van der Waals surface area contributed by atoms with Crippen molar-refractivity contribution in [1.29, 1.82) is 0 Å². The molecular weight excluding hydrogens is 260 g/mol. The Morgan fingerprint density at radius 1 is 0.667 bits per heavy atom. The summed E-state index contributed by atoms with van der Waals surface area (Å²) in [6, 6.07) is 0. The molecule has 6 heteroatoms. The molecule has 0 aliphatic carbocycles. The molecule has 1 saturated heterocycles. The van der Waals surface area contributed by atoms with Gasteiger partial charge < -0.3 is 0 Å². The van der Waals surface area contributed by atoms with Crippen LogP contribution in [0, 0.1) is 0 Å². The fourth-order valence-electron chi connectivity index (χ4n) is 0.188. The first-order valence-corrected chi connectivity index (χ1v) is 7.79. The third-order valence-corrected chi connectivity index (χ3v) is 10.1. The minimum absolute atomic E-state index is 0.156. The van der Waals surface area contributed by atoms with Gasteiger partial charge in [0, 0.05) is 0 Å². The molecule has 1 aliphatic rings. The topological polar surface area (TPSA) is 36.1 Å². The van der Waals surface area contributed by atoms with Crippen LogP contribution in [0.4, 0.5) is 0 Å². The molecule has 1 fully saturated rings.